The molecule has 0 radical (unpaired) electrons. The number of nitrogens with zero attached hydrogens (tertiary/aromatic N) is 1. The minimum Gasteiger partial charge on any atom is -0.326 e. The van der Waals surface area contributed by atoms with Crippen LogP contribution in [-0.2, 0) is 14.8 Å². The van der Waals surface area contributed by atoms with Crippen LogP contribution in [0.2, 0.25) is 5.02 Å². The van der Waals surface area contributed by atoms with E-state index < -0.39 is 10.0 Å². The number of nitrogens with one attached hydrogen (secondary N) is 1. The number of benzene rings is 2. The van der Waals surface area contributed by atoms with Crippen LogP contribution in [-0.4, -0.2) is 27.1 Å². The van der Waals surface area contributed by atoms with E-state index in [0.29, 0.717) is 10.7 Å². The molecule has 0 aliphatic carbocycles. The summed E-state index contributed by atoms with van der Waals surface area (Å²) in [5, 5.41) is 3.31. The lowest BCUT2D eigenvalue weighted by Gasteiger charge is -2.23. The number of sulfonamides is 1. The van der Waals surface area contributed by atoms with E-state index in [-0.39, 0.29) is 18.9 Å². The Hall–Kier alpha value is -2.05. The molecule has 1 amide bonds. The first kappa shape index (κ1) is 20.3. The van der Waals surface area contributed by atoms with Gasteiger partial charge in [0.25, 0.3) is 0 Å². The van der Waals surface area contributed by atoms with Crippen LogP contribution in [0.25, 0.3) is 0 Å². The molecule has 0 aromatic heterocycles. The highest BCUT2D eigenvalue weighted by molar-refractivity contribution is 7.92. The smallest absolute Gasteiger partial charge is 0.232 e. The summed E-state index contributed by atoms with van der Waals surface area (Å²) in [5.74, 6) is -0.246. The van der Waals surface area contributed by atoms with Gasteiger partial charge in [-0.2, -0.15) is 0 Å². The minimum absolute atomic E-state index is 0.0336. The van der Waals surface area contributed by atoms with Gasteiger partial charge in [0, 0.05) is 23.7 Å². The third kappa shape index (κ3) is 5.22. The molecule has 5 nitrogen and oxygen atoms in total. The second-order valence-electron chi connectivity index (χ2n) is 6.39. The fraction of sp³-hybridized carbons (Fsp3) is 0.316. The molecule has 0 aliphatic rings. The van der Waals surface area contributed by atoms with Crippen molar-refractivity contribution in [2.24, 2.45) is 0 Å². The summed E-state index contributed by atoms with van der Waals surface area (Å²) in [6, 6.07) is 10.8. The lowest BCUT2D eigenvalue weighted by atomic mass is 10.1. The van der Waals surface area contributed by atoms with Gasteiger partial charge in [0.1, 0.15) is 0 Å². The van der Waals surface area contributed by atoms with E-state index in [0.717, 1.165) is 28.6 Å². The van der Waals surface area contributed by atoms with Crippen molar-refractivity contribution >= 4 is 38.9 Å². The Balaban J connectivity index is 2.12. The monoisotopic (exact) mass is 394 g/mol. The van der Waals surface area contributed by atoms with E-state index in [1.54, 1.807) is 18.2 Å². The average Bonchev–Trinajstić information content (AvgIpc) is 2.52. The second-order valence-corrected chi connectivity index (χ2v) is 8.70. The highest BCUT2D eigenvalue weighted by Crippen LogP contribution is 2.25. The summed E-state index contributed by atoms with van der Waals surface area (Å²) < 4.78 is 25.5. The Morgan fingerprint density at radius 3 is 2.35 bits per heavy atom. The third-order valence-corrected chi connectivity index (χ3v) is 5.64. The largest absolute Gasteiger partial charge is 0.326 e. The molecule has 140 valence electrons. The quantitative estimate of drug-likeness (QED) is 0.803. The Kier molecular flexibility index (Phi) is 6.31. The summed E-state index contributed by atoms with van der Waals surface area (Å²) in [4.78, 5) is 12.3. The molecule has 2 aromatic carbocycles. The normalized spacial score (nSPS) is 11.3. The van der Waals surface area contributed by atoms with Gasteiger partial charge in [-0.15, -0.1) is 0 Å². The number of hydrogen-bond acceptors (Lipinski definition) is 3. The Morgan fingerprint density at radius 2 is 1.77 bits per heavy atom. The van der Waals surface area contributed by atoms with Crippen molar-refractivity contribution in [3.8, 4) is 0 Å². The maximum absolute atomic E-state index is 12.3. The Labute approximate surface area is 160 Å². The molecular formula is C19H23ClN2O3S. The molecule has 2 aromatic rings. The maximum Gasteiger partial charge on any atom is 0.232 e. The first-order valence-electron chi connectivity index (χ1n) is 8.19. The van der Waals surface area contributed by atoms with E-state index in [4.69, 9.17) is 11.6 Å². The predicted octanol–water partition coefficient (Wildman–Crippen LogP) is 4.06. The zero-order chi connectivity index (χ0) is 19.5. The number of hydrogen-bond donors (Lipinski definition) is 1. The van der Waals surface area contributed by atoms with Gasteiger partial charge >= 0.3 is 0 Å². The molecule has 0 unspecified atom stereocenters. The SMILES string of the molecule is Cc1ccc(NC(=O)CCN(c2ccc(C)c(Cl)c2)S(C)(=O)=O)c(C)c1. The fourth-order valence-corrected chi connectivity index (χ4v) is 3.69. The molecular weight excluding hydrogens is 372 g/mol. The minimum atomic E-state index is -3.54. The van der Waals surface area contributed by atoms with Crippen molar-refractivity contribution in [3.63, 3.8) is 0 Å². The van der Waals surface area contributed by atoms with Crippen LogP contribution in [0.1, 0.15) is 23.1 Å². The van der Waals surface area contributed by atoms with Gasteiger partial charge in [-0.25, -0.2) is 8.42 Å². The number of carbonyl (C=O) groups excluding carboxylic acids is 1. The van der Waals surface area contributed by atoms with E-state index in [9.17, 15) is 13.2 Å². The van der Waals surface area contributed by atoms with Crippen LogP contribution in [0, 0.1) is 20.8 Å². The van der Waals surface area contributed by atoms with Crippen LogP contribution in [0.3, 0.4) is 0 Å². The summed E-state index contributed by atoms with van der Waals surface area (Å²) in [6.07, 6.45) is 1.15. The van der Waals surface area contributed by atoms with Gasteiger partial charge < -0.3 is 5.32 Å². The predicted molar refractivity (Wildman–Crippen MR) is 108 cm³/mol. The van der Waals surface area contributed by atoms with Gasteiger partial charge in [0.05, 0.1) is 11.9 Å². The molecule has 2 rings (SSSR count). The molecule has 1 N–H and O–H groups in total. The van der Waals surface area contributed by atoms with E-state index in [2.05, 4.69) is 5.32 Å². The van der Waals surface area contributed by atoms with Crippen molar-refractivity contribution in [3.05, 3.63) is 58.1 Å². The van der Waals surface area contributed by atoms with Crippen LogP contribution >= 0.6 is 11.6 Å². The summed E-state index contributed by atoms with van der Waals surface area (Å²) in [5.41, 5.74) is 4.10. The molecule has 26 heavy (non-hydrogen) atoms. The Bertz CT molecular complexity index is 926. The summed E-state index contributed by atoms with van der Waals surface area (Å²) >= 11 is 6.11. The molecule has 0 heterocycles. The highest BCUT2D eigenvalue weighted by atomic mass is 35.5. The molecule has 0 atom stereocenters. The van der Waals surface area contributed by atoms with Crippen LogP contribution in [0.15, 0.2) is 36.4 Å². The zero-order valence-corrected chi connectivity index (χ0v) is 16.9. The fourth-order valence-electron chi connectivity index (χ4n) is 2.59. The lowest BCUT2D eigenvalue weighted by Crippen LogP contribution is -2.33. The zero-order valence-electron chi connectivity index (χ0n) is 15.3. The molecule has 0 aliphatic heterocycles. The topological polar surface area (TPSA) is 66.5 Å². The van der Waals surface area contributed by atoms with Crippen LogP contribution in [0.5, 0.6) is 0 Å². The third-order valence-electron chi connectivity index (χ3n) is 4.04. The van der Waals surface area contributed by atoms with E-state index in [1.807, 2.05) is 39.0 Å². The highest BCUT2D eigenvalue weighted by Gasteiger charge is 2.19. The van der Waals surface area contributed by atoms with Crippen molar-refractivity contribution in [2.75, 3.05) is 22.4 Å². The molecule has 0 spiro atoms. The first-order valence-corrected chi connectivity index (χ1v) is 10.4. The maximum atomic E-state index is 12.3. The summed E-state index contributed by atoms with van der Waals surface area (Å²) in [6.45, 7) is 5.78. The molecule has 0 saturated heterocycles. The molecule has 0 bridgehead atoms. The van der Waals surface area contributed by atoms with Crippen molar-refractivity contribution in [1.29, 1.82) is 0 Å². The van der Waals surface area contributed by atoms with Crippen molar-refractivity contribution in [2.45, 2.75) is 27.2 Å². The van der Waals surface area contributed by atoms with Gasteiger partial charge in [0.2, 0.25) is 15.9 Å². The molecule has 0 fully saturated rings. The summed E-state index contributed by atoms with van der Waals surface area (Å²) in [7, 11) is -3.54. The van der Waals surface area contributed by atoms with Gasteiger partial charge in [-0.05, 0) is 50.1 Å². The Morgan fingerprint density at radius 1 is 1.08 bits per heavy atom. The first-order chi connectivity index (χ1) is 12.1. The molecule has 7 heteroatoms. The van der Waals surface area contributed by atoms with Crippen LogP contribution in [0.4, 0.5) is 11.4 Å². The van der Waals surface area contributed by atoms with Gasteiger partial charge in [0.15, 0.2) is 0 Å². The van der Waals surface area contributed by atoms with E-state index >= 15 is 0 Å². The number of carbonyl (C=O) groups is 1. The van der Waals surface area contributed by atoms with Crippen LogP contribution < -0.4 is 9.62 Å². The van der Waals surface area contributed by atoms with E-state index in [1.165, 1.54) is 4.31 Å². The standard InChI is InChI=1S/C19H23ClN2O3S/c1-13-5-8-18(15(3)11-13)21-19(23)9-10-22(26(4,24)25)16-7-6-14(2)17(20)12-16/h5-8,11-12H,9-10H2,1-4H3,(H,21,23). The number of halogens is 1. The lowest BCUT2D eigenvalue weighted by molar-refractivity contribution is -0.116. The number of rotatable bonds is 6. The van der Waals surface area contributed by atoms with Gasteiger partial charge in [-0.3, -0.25) is 9.10 Å². The average molecular weight is 395 g/mol. The molecule has 0 saturated carbocycles. The van der Waals surface area contributed by atoms with Crippen molar-refractivity contribution < 1.29 is 13.2 Å². The number of aryl methyl sites for hydroxylation is 3. The second kappa shape index (κ2) is 8.10. The van der Waals surface area contributed by atoms with Crippen molar-refractivity contribution in [1.82, 2.24) is 0 Å². The van der Waals surface area contributed by atoms with Gasteiger partial charge in [-0.1, -0.05) is 35.4 Å². The number of amides is 1. The number of anilines is 2.